The van der Waals surface area contributed by atoms with E-state index in [0.717, 1.165) is 30.2 Å². The molecule has 0 saturated carbocycles. The summed E-state index contributed by atoms with van der Waals surface area (Å²) in [4.78, 5) is 14.4. The van der Waals surface area contributed by atoms with Crippen LogP contribution in [0.25, 0.3) is 10.8 Å². The van der Waals surface area contributed by atoms with Gasteiger partial charge in [-0.05, 0) is 28.8 Å². The predicted molar refractivity (Wildman–Crippen MR) is 86.3 cm³/mol. The van der Waals surface area contributed by atoms with Gasteiger partial charge in [0.25, 0.3) is 0 Å². The van der Waals surface area contributed by atoms with Gasteiger partial charge in [-0.3, -0.25) is 4.79 Å². The molecule has 3 heteroatoms. The highest BCUT2D eigenvalue weighted by atomic mass is 32.2. The molecule has 2 nitrogen and oxygen atoms in total. The molecule has 20 heavy (non-hydrogen) atoms. The third kappa shape index (κ3) is 2.68. The Labute approximate surface area is 124 Å². The van der Waals surface area contributed by atoms with Gasteiger partial charge in [0, 0.05) is 24.6 Å². The van der Waals surface area contributed by atoms with Crippen molar-refractivity contribution in [1.29, 1.82) is 0 Å². The Kier molecular flexibility index (Phi) is 3.97. The third-order valence-electron chi connectivity index (χ3n) is 3.94. The maximum Gasteiger partial charge on any atom is 0.227 e. The van der Waals surface area contributed by atoms with Gasteiger partial charge in [0.15, 0.2) is 0 Å². The van der Waals surface area contributed by atoms with Crippen molar-refractivity contribution >= 4 is 28.4 Å². The summed E-state index contributed by atoms with van der Waals surface area (Å²) in [5.74, 6) is 2.40. The molecule has 1 amide bonds. The van der Waals surface area contributed by atoms with E-state index >= 15 is 0 Å². The molecule has 0 spiro atoms. The third-order valence-corrected chi connectivity index (χ3v) is 4.88. The van der Waals surface area contributed by atoms with Crippen molar-refractivity contribution < 1.29 is 4.79 Å². The highest BCUT2D eigenvalue weighted by Crippen LogP contribution is 2.23. The largest absolute Gasteiger partial charge is 0.341 e. The number of fused-ring (bicyclic) bond motifs is 1. The monoisotopic (exact) mass is 285 g/mol. The first kappa shape index (κ1) is 13.5. The average Bonchev–Trinajstić information content (AvgIpc) is 2.51. The summed E-state index contributed by atoms with van der Waals surface area (Å²) in [6, 6.07) is 12.6. The summed E-state index contributed by atoms with van der Waals surface area (Å²) in [7, 11) is 0. The molecule has 0 N–H and O–H groups in total. The Morgan fingerprint density at radius 1 is 1.10 bits per heavy atom. The zero-order valence-corrected chi connectivity index (χ0v) is 12.6. The lowest BCUT2D eigenvalue weighted by Crippen LogP contribution is -2.38. The van der Waals surface area contributed by atoms with E-state index in [1.807, 2.05) is 22.7 Å². The molecule has 1 fully saturated rings. The smallest absolute Gasteiger partial charge is 0.227 e. The quantitative estimate of drug-likeness (QED) is 0.844. The Morgan fingerprint density at radius 3 is 2.55 bits per heavy atom. The Hall–Kier alpha value is -1.48. The van der Waals surface area contributed by atoms with E-state index in [2.05, 4.69) is 37.3 Å². The summed E-state index contributed by atoms with van der Waals surface area (Å²) in [6.07, 6.45) is 0.519. The van der Waals surface area contributed by atoms with E-state index in [1.165, 1.54) is 16.3 Å². The first-order chi connectivity index (χ1) is 9.75. The minimum absolute atomic E-state index is 0.263. The van der Waals surface area contributed by atoms with Crippen LogP contribution >= 0.6 is 11.8 Å². The van der Waals surface area contributed by atoms with Gasteiger partial charge in [0.1, 0.15) is 0 Å². The summed E-state index contributed by atoms with van der Waals surface area (Å²) in [5, 5.41) is 2.47. The minimum atomic E-state index is 0.263. The molecule has 1 aliphatic heterocycles. The average molecular weight is 285 g/mol. The fraction of sp³-hybridized carbons (Fsp3) is 0.353. The van der Waals surface area contributed by atoms with E-state index in [0.29, 0.717) is 6.42 Å². The number of nitrogens with zero attached hydrogens (tertiary/aromatic N) is 1. The van der Waals surface area contributed by atoms with E-state index in [1.54, 1.807) is 0 Å². The van der Waals surface area contributed by atoms with Crippen LogP contribution < -0.4 is 0 Å². The van der Waals surface area contributed by atoms with E-state index in [9.17, 15) is 4.79 Å². The number of benzene rings is 2. The van der Waals surface area contributed by atoms with Crippen LogP contribution in [0.5, 0.6) is 0 Å². The second-order valence-electron chi connectivity index (χ2n) is 5.26. The lowest BCUT2D eigenvalue weighted by atomic mass is 9.98. The molecule has 1 aliphatic rings. The molecule has 104 valence electrons. The van der Waals surface area contributed by atoms with Crippen LogP contribution in [0.15, 0.2) is 36.4 Å². The van der Waals surface area contributed by atoms with E-state index in [-0.39, 0.29) is 5.91 Å². The van der Waals surface area contributed by atoms with Crippen molar-refractivity contribution in [3.05, 3.63) is 47.5 Å². The van der Waals surface area contributed by atoms with Crippen molar-refractivity contribution in [2.45, 2.75) is 13.3 Å². The molecule has 2 aromatic carbocycles. The topological polar surface area (TPSA) is 20.3 Å². The van der Waals surface area contributed by atoms with Crippen molar-refractivity contribution in [2.24, 2.45) is 0 Å². The molecule has 2 aromatic rings. The number of rotatable bonds is 2. The summed E-state index contributed by atoms with van der Waals surface area (Å²) in [5.41, 5.74) is 2.42. The van der Waals surface area contributed by atoms with Crippen LogP contribution in [-0.2, 0) is 11.2 Å². The predicted octanol–water partition coefficient (Wildman–Crippen LogP) is 3.27. The van der Waals surface area contributed by atoms with Crippen LogP contribution in [0, 0.1) is 6.92 Å². The van der Waals surface area contributed by atoms with Crippen LogP contribution in [0.2, 0.25) is 0 Å². The van der Waals surface area contributed by atoms with Crippen LogP contribution in [0.4, 0.5) is 0 Å². The molecule has 0 atom stereocenters. The summed E-state index contributed by atoms with van der Waals surface area (Å²) < 4.78 is 0. The number of carbonyl (C=O) groups is 1. The SMILES string of the molecule is Cc1ccc(CC(=O)N2CCSCC2)c2ccccc12. The van der Waals surface area contributed by atoms with Gasteiger partial charge in [0.05, 0.1) is 6.42 Å². The Balaban J connectivity index is 1.87. The van der Waals surface area contributed by atoms with Gasteiger partial charge < -0.3 is 4.90 Å². The molecule has 1 heterocycles. The van der Waals surface area contributed by atoms with Gasteiger partial charge in [-0.15, -0.1) is 0 Å². The van der Waals surface area contributed by atoms with Crippen LogP contribution in [0.1, 0.15) is 11.1 Å². The zero-order chi connectivity index (χ0) is 13.9. The standard InChI is InChI=1S/C17H19NOS/c1-13-6-7-14(16-5-3-2-4-15(13)16)12-17(19)18-8-10-20-11-9-18/h2-7H,8-12H2,1H3. The normalized spacial score (nSPS) is 15.6. The number of hydrogen-bond acceptors (Lipinski definition) is 2. The van der Waals surface area contributed by atoms with Crippen molar-refractivity contribution in [2.75, 3.05) is 24.6 Å². The van der Waals surface area contributed by atoms with Gasteiger partial charge >= 0.3 is 0 Å². The molecule has 1 saturated heterocycles. The minimum Gasteiger partial charge on any atom is -0.341 e. The number of amides is 1. The van der Waals surface area contributed by atoms with Gasteiger partial charge in [-0.1, -0.05) is 36.4 Å². The molecular formula is C17H19NOS. The van der Waals surface area contributed by atoms with Gasteiger partial charge in [-0.25, -0.2) is 0 Å². The van der Waals surface area contributed by atoms with Gasteiger partial charge in [-0.2, -0.15) is 11.8 Å². The molecule has 0 aliphatic carbocycles. The maximum absolute atomic E-state index is 12.4. The van der Waals surface area contributed by atoms with Gasteiger partial charge in [0.2, 0.25) is 5.91 Å². The number of thioether (sulfide) groups is 1. The molecular weight excluding hydrogens is 266 g/mol. The Morgan fingerprint density at radius 2 is 1.80 bits per heavy atom. The summed E-state index contributed by atoms with van der Waals surface area (Å²) in [6.45, 7) is 3.91. The van der Waals surface area contributed by atoms with Crippen molar-refractivity contribution in [1.82, 2.24) is 4.90 Å². The van der Waals surface area contributed by atoms with Crippen LogP contribution in [-0.4, -0.2) is 35.4 Å². The first-order valence-electron chi connectivity index (χ1n) is 7.08. The molecule has 0 unspecified atom stereocenters. The first-order valence-corrected chi connectivity index (χ1v) is 8.24. The highest BCUT2D eigenvalue weighted by molar-refractivity contribution is 7.99. The number of aryl methyl sites for hydroxylation is 1. The van der Waals surface area contributed by atoms with Crippen molar-refractivity contribution in [3.8, 4) is 0 Å². The summed E-state index contributed by atoms with van der Waals surface area (Å²) >= 11 is 1.93. The molecule has 0 aromatic heterocycles. The molecule has 0 bridgehead atoms. The highest BCUT2D eigenvalue weighted by Gasteiger charge is 2.17. The van der Waals surface area contributed by atoms with E-state index in [4.69, 9.17) is 0 Å². The number of hydrogen-bond donors (Lipinski definition) is 0. The Bertz CT molecular complexity index is 632. The zero-order valence-electron chi connectivity index (χ0n) is 11.8. The number of carbonyl (C=O) groups excluding carboxylic acids is 1. The fourth-order valence-corrected chi connectivity index (χ4v) is 3.66. The molecule has 3 rings (SSSR count). The maximum atomic E-state index is 12.4. The lowest BCUT2D eigenvalue weighted by molar-refractivity contribution is -0.130. The second kappa shape index (κ2) is 5.88. The lowest BCUT2D eigenvalue weighted by Gasteiger charge is -2.26. The van der Waals surface area contributed by atoms with Crippen LogP contribution in [0.3, 0.4) is 0 Å². The van der Waals surface area contributed by atoms with E-state index < -0.39 is 0 Å². The van der Waals surface area contributed by atoms with Crippen molar-refractivity contribution in [3.63, 3.8) is 0 Å². The fourth-order valence-electron chi connectivity index (χ4n) is 2.75. The second-order valence-corrected chi connectivity index (χ2v) is 6.48. The molecule has 0 radical (unpaired) electrons.